The summed E-state index contributed by atoms with van der Waals surface area (Å²) in [6, 6.07) is 32.9. The van der Waals surface area contributed by atoms with Crippen LogP contribution in [-0.2, 0) is 15.3 Å². The summed E-state index contributed by atoms with van der Waals surface area (Å²) < 4.78 is 12.7. The molecule has 0 amide bonds. The molecule has 2 saturated heterocycles. The van der Waals surface area contributed by atoms with E-state index in [1.165, 1.54) is 0 Å². The van der Waals surface area contributed by atoms with E-state index in [4.69, 9.17) is 14.9 Å². The standard InChI is InChI=1S/C29H22N4O2/c1-2-24-28(19-32)26(33)35-29(24,23-11-7-4-8-12-23)34-25(27(28,17-30)18-31)22-15-13-21(14-16-22)20-9-5-3-6-10-20/h3-16,24-25,33H,2H2,1H3. The lowest BCUT2D eigenvalue weighted by molar-refractivity contribution is -0.292. The van der Waals surface area contributed by atoms with Gasteiger partial charge in [0.1, 0.15) is 6.10 Å². The highest BCUT2D eigenvalue weighted by Gasteiger charge is 2.80. The fraction of sp³-hybridized carbons (Fsp3) is 0.241. The van der Waals surface area contributed by atoms with Crippen LogP contribution in [0.1, 0.15) is 30.6 Å². The Morgan fingerprint density at radius 2 is 1.37 bits per heavy atom. The van der Waals surface area contributed by atoms with E-state index in [9.17, 15) is 15.8 Å². The highest BCUT2D eigenvalue weighted by molar-refractivity contribution is 5.89. The maximum Gasteiger partial charge on any atom is 0.244 e. The molecule has 4 unspecified atom stereocenters. The maximum absolute atomic E-state index is 10.5. The number of hydrogen-bond acceptors (Lipinski definition) is 6. The minimum absolute atomic E-state index is 0.371. The number of rotatable bonds is 4. The van der Waals surface area contributed by atoms with Gasteiger partial charge >= 0.3 is 0 Å². The molecular formula is C29H22N4O2. The van der Waals surface area contributed by atoms with Gasteiger partial charge in [-0.1, -0.05) is 91.9 Å². The normalized spacial score (nSPS) is 28.2. The second kappa shape index (κ2) is 8.10. The molecule has 2 bridgehead atoms. The Bertz CT molecular complexity index is 1390. The van der Waals surface area contributed by atoms with E-state index < -0.39 is 34.5 Å². The zero-order valence-corrected chi connectivity index (χ0v) is 19.1. The first kappa shape index (κ1) is 22.4. The van der Waals surface area contributed by atoms with Crippen molar-refractivity contribution in [3.05, 3.63) is 96.1 Å². The van der Waals surface area contributed by atoms with E-state index in [0.29, 0.717) is 17.5 Å². The number of nitrogens with zero attached hydrogens (tertiary/aromatic N) is 3. The molecule has 4 atom stereocenters. The van der Waals surface area contributed by atoms with Crippen LogP contribution in [0.15, 0.2) is 84.9 Å². The van der Waals surface area contributed by atoms with Gasteiger partial charge in [-0.15, -0.1) is 0 Å². The molecule has 2 aliphatic heterocycles. The minimum atomic E-state index is -1.98. The molecule has 5 rings (SSSR count). The minimum Gasteiger partial charge on any atom is -0.443 e. The molecule has 0 saturated carbocycles. The summed E-state index contributed by atoms with van der Waals surface area (Å²) in [6.07, 6.45) is -0.747. The number of fused-ring (bicyclic) bond motifs is 2. The summed E-state index contributed by atoms with van der Waals surface area (Å²) in [5, 5.41) is 40.2. The molecule has 6 nitrogen and oxygen atoms in total. The summed E-state index contributed by atoms with van der Waals surface area (Å²) >= 11 is 0. The van der Waals surface area contributed by atoms with Crippen molar-refractivity contribution in [2.24, 2.45) is 16.7 Å². The van der Waals surface area contributed by atoms with E-state index >= 15 is 0 Å². The van der Waals surface area contributed by atoms with Crippen molar-refractivity contribution in [3.8, 4) is 29.3 Å². The third kappa shape index (κ3) is 2.80. The van der Waals surface area contributed by atoms with Gasteiger partial charge in [0, 0.05) is 5.56 Å². The van der Waals surface area contributed by atoms with Crippen LogP contribution in [0.25, 0.3) is 11.1 Å². The average molecular weight is 459 g/mol. The Hall–Kier alpha value is -4.44. The molecule has 0 aromatic heterocycles. The highest BCUT2D eigenvalue weighted by Crippen LogP contribution is 2.69. The van der Waals surface area contributed by atoms with Gasteiger partial charge in [-0.05, 0) is 23.1 Å². The first-order chi connectivity index (χ1) is 17.0. The van der Waals surface area contributed by atoms with Gasteiger partial charge in [0.05, 0.1) is 24.1 Å². The van der Waals surface area contributed by atoms with Crippen LogP contribution >= 0.6 is 0 Å². The van der Waals surface area contributed by atoms with Gasteiger partial charge in [-0.2, -0.15) is 15.8 Å². The molecule has 3 aromatic rings. The third-order valence-corrected chi connectivity index (χ3v) is 7.34. The number of hydrogen-bond donors (Lipinski definition) is 1. The second-order valence-electron chi connectivity index (χ2n) is 8.86. The van der Waals surface area contributed by atoms with E-state index in [0.717, 1.165) is 11.1 Å². The topological polar surface area (TPSA) is 114 Å². The molecule has 170 valence electrons. The Kier molecular flexibility index (Phi) is 5.17. The molecule has 3 aromatic carbocycles. The zero-order valence-electron chi connectivity index (χ0n) is 19.1. The highest BCUT2D eigenvalue weighted by atomic mass is 16.7. The van der Waals surface area contributed by atoms with E-state index in [1.54, 1.807) is 0 Å². The summed E-state index contributed by atoms with van der Waals surface area (Å²) in [7, 11) is 0. The molecule has 2 aliphatic rings. The van der Waals surface area contributed by atoms with E-state index in [2.05, 4.69) is 18.2 Å². The lowest BCUT2D eigenvalue weighted by atomic mass is 9.52. The smallest absolute Gasteiger partial charge is 0.244 e. The lowest BCUT2D eigenvalue weighted by Crippen LogP contribution is -2.58. The Morgan fingerprint density at radius 3 is 1.91 bits per heavy atom. The summed E-state index contributed by atoms with van der Waals surface area (Å²) in [5.41, 5.74) is -0.577. The summed E-state index contributed by atoms with van der Waals surface area (Å²) in [5.74, 6) is -2.60. The quantitative estimate of drug-likeness (QED) is 0.526. The van der Waals surface area contributed by atoms with Crippen LogP contribution in [0.4, 0.5) is 0 Å². The molecule has 0 spiro atoms. The number of ether oxygens (including phenoxy) is 2. The molecule has 35 heavy (non-hydrogen) atoms. The van der Waals surface area contributed by atoms with Crippen LogP contribution in [0.3, 0.4) is 0 Å². The predicted octanol–water partition coefficient (Wildman–Crippen LogP) is 5.86. The van der Waals surface area contributed by atoms with Crippen molar-refractivity contribution in [3.63, 3.8) is 0 Å². The third-order valence-electron chi connectivity index (χ3n) is 7.34. The van der Waals surface area contributed by atoms with Crippen molar-refractivity contribution >= 4 is 5.90 Å². The van der Waals surface area contributed by atoms with Gasteiger partial charge in [0.2, 0.25) is 17.1 Å². The van der Waals surface area contributed by atoms with Gasteiger partial charge in [-0.3, -0.25) is 5.41 Å². The van der Waals surface area contributed by atoms with Crippen LogP contribution in [0.5, 0.6) is 0 Å². The first-order valence-corrected chi connectivity index (χ1v) is 11.4. The SMILES string of the molecule is CCC1C2(c3ccccc3)OC(=N)C1(C#N)C(C#N)(C#N)C(c1ccc(-c3ccccc3)cc1)O2. The molecule has 2 heterocycles. The summed E-state index contributed by atoms with van der Waals surface area (Å²) in [6.45, 7) is 1.86. The van der Waals surface area contributed by atoms with Gasteiger partial charge < -0.3 is 9.47 Å². The van der Waals surface area contributed by atoms with E-state index in [-0.39, 0.29) is 0 Å². The second-order valence-corrected chi connectivity index (χ2v) is 8.86. The van der Waals surface area contributed by atoms with Gasteiger partial charge in [0.15, 0.2) is 5.41 Å². The molecule has 0 radical (unpaired) electrons. The van der Waals surface area contributed by atoms with Crippen molar-refractivity contribution in [1.82, 2.24) is 0 Å². The van der Waals surface area contributed by atoms with Crippen LogP contribution in [0, 0.1) is 56.2 Å². The number of nitrogens with one attached hydrogen (secondary N) is 1. The zero-order chi connectivity index (χ0) is 24.7. The molecule has 0 aliphatic carbocycles. The maximum atomic E-state index is 10.5. The monoisotopic (exact) mass is 458 g/mol. The van der Waals surface area contributed by atoms with Crippen molar-refractivity contribution in [1.29, 1.82) is 21.2 Å². The van der Waals surface area contributed by atoms with Crippen LogP contribution in [-0.4, -0.2) is 5.90 Å². The van der Waals surface area contributed by atoms with Crippen molar-refractivity contribution < 1.29 is 9.47 Å². The predicted molar refractivity (Wildman–Crippen MR) is 128 cm³/mol. The first-order valence-electron chi connectivity index (χ1n) is 11.4. The number of nitriles is 3. The number of benzene rings is 3. The largest absolute Gasteiger partial charge is 0.443 e. The van der Waals surface area contributed by atoms with Crippen molar-refractivity contribution in [2.75, 3.05) is 0 Å². The molecule has 6 heteroatoms. The molecule has 1 N–H and O–H groups in total. The van der Waals surface area contributed by atoms with Gasteiger partial charge in [-0.25, -0.2) is 0 Å². The van der Waals surface area contributed by atoms with Crippen molar-refractivity contribution in [2.45, 2.75) is 25.2 Å². The van der Waals surface area contributed by atoms with Crippen LogP contribution < -0.4 is 0 Å². The fourth-order valence-electron chi connectivity index (χ4n) is 5.68. The Balaban J connectivity index is 1.73. The van der Waals surface area contributed by atoms with Gasteiger partial charge in [0.25, 0.3) is 0 Å². The van der Waals surface area contributed by atoms with E-state index in [1.807, 2.05) is 91.9 Å². The lowest BCUT2D eigenvalue weighted by Gasteiger charge is -2.49. The molecule has 2 fully saturated rings. The average Bonchev–Trinajstić information content (AvgIpc) is 3.13. The summed E-state index contributed by atoms with van der Waals surface area (Å²) in [4.78, 5) is 0. The Labute approximate surface area is 204 Å². The fourth-order valence-corrected chi connectivity index (χ4v) is 5.68. The Morgan fingerprint density at radius 1 is 0.800 bits per heavy atom. The van der Waals surface area contributed by atoms with Crippen LogP contribution in [0.2, 0.25) is 0 Å². The molecular weight excluding hydrogens is 436 g/mol.